The zero-order valence-corrected chi connectivity index (χ0v) is 10.5. The number of hydrogen-bond donors (Lipinski definition) is 1. The van der Waals surface area contributed by atoms with Crippen LogP contribution in [0.2, 0.25) is 0 Å². The number of aryl methyl sites for hydroxylation is 2. The number of aromatic nitrogens is 1. The van der Waals surface area contributed by atoms with E-state index in [9.17, 15) is 0 Å². The van der Waals surface area contributed by atoms with Crippen molar-refractivity contribution in [1.82, 2.24) is 4.98 Å². The van der Waals surface area contributed by atoms with Gasteiger partial charge in [0, 0.05) is 11.1 Å². The Bertz CT molecular complexity index is 453. The Morgan fingerprint density at radius 2 is 2.13 bits per heavy atom. The molecule has 0 amide bonds. The molecule has 0 radical (unpaired) electrons. The van der Waals surface area contributed by atoms with Crippen LogP contribution in [0.15, 0.2) is 34.2 Å². The van der Waals surface area contributed by atoms with Crippen LogP contribution in [0.1, 0.15) is 10.4 Å². The van der Waals surface area contributed by atoms with Gasteiger partial charge in [-0.2, -0.15) is 0 Å². The lowest BCUT2D eigenvalue weighted by atomic mass is 10.1. The van der Waals surface area contributed by atoms with E-state index in [1.807, 2.05) is 12.1 Å². The van der Waals surface area contributed by atoms with E-state index in [2.05, 4.69) is 33.0 Å². The van der Waals surface area contributed by atoms with Crippen molar-refractivity contribution in [2.45, 2.75) is 12.8 Å². The highest BCUT2D eigenvalue weighted by molar-refractivity contribution is 9.11. The van der Waals surface area contributed by atoms with Gasteiger partial charge in [-0.05, 0) is 52.5 Å². The first-order chi connectivity index (χ1) is 7.25. The zero-order chi connectivity index (χ0) is 10.7. The van der Waals surface area contributed by atoms with Crippen LogP contribution < -0.4 is 5.73 Å². The predicted octanol–water partition coefficient (Wildman–Crippen LogP) is 3.27. The quantitative estimate of drug-likeness (QED) is 0.939. The maximum atomic E-state index is 5.77. The van der Waals surface area contributed by atoms with Gasteiger partial charge in [-0.1, -0.05) is 6.07 Å². The fourth-order valence-corrected chi connectivity index (χ4v) is 2.89. The Kier molecular flexibility index (Phi) is 3.38. The Morgan fingerprint density at radius 1 is 1.27 bits per heavy atom. The first kappa shape index (κ1) is 10.6. The minimum Gasteiger partial charge on any atom is -0.383 e. The number of nitrogens with zero attached hydrogens (tertiary/aromatic N) is 1. The van der Waals surface area contributed by atoms with Crippen LogP contribution >= 0.6 is 27.3 Å². The van der Waals surface area contributed by atoms with Crippen molar-refractivity contribution < 1.29 is 0 Å². The molecule has 2 nitrogen and oxygen atoms in total. The smallest absolute Gasteiger partial charge is 0.126 e. The van der Waals surface area contributed by atoms with Crippen molar-refractivity contribution >= 4 is 33.1 Å². The molecule has 0 fully saturated rings. The molecule has 78 valence electrons. The van der Waals surface area contributed by atoms with E-state index in [1.54, 1.807) is 17.5 Å². The van der Waals surface area contributed by atoms with Crippen LogP contribution in [0.25, 0.3) is 0 Å². The molecule has 0 aliphatic carbocycles. The van der Waals surface area contributed by atoms with Gasteiger partial charge in [0.05, 0.1) is 3.79 Å². The first-order valence-corrected chi connectivity index (χ1v) is 6.30. The Labute approximate surface area is 101 Å². The summed E-state index contributed by atoms with van der Waals surface area (Å²) in [6, 6.07) is 8.18. The molecule has 0 atom stereocenters. The summed E-state index contributed by atoms with van der Waals surface area (Å²) >= 11 is 5.22. The molecule has 2 rings (SSSR count). The molecular formula is C11H11BrN2S. The average Bonchev–Trinajstić information content (AvgIpc) is 2.63. The molecule has 4 heteroatoms. The molecule has 0 aliphatic heterocycles. The molecule has 2 heterocycles. The lowest BCUT2D eigenvalue weighted by Gasteiger charge is -2.02. The molecule has 15 heavy (non-hydrogen) atoms. The van der Waals surface area contributed by atoms with Gasteiger partial charge in [-0.3, -0.25) is 0 Å². The first-order valence-electron chi connectivity index (χ1n) is 4.69. The summed E-state index contributed by atoms with van der Waals surface area (Å²) in [5.74, 6) is 0.646. The number of thiophene rings is 1. The fourth-order valence-electron chi connectivity index (χ4n) is 1.41. The molecule has 2 aromatic heterocycles. The van der Waals surface area contributed by atoms with Crippen molar-refractivity contribution in [3.8, 4) is 0 Å². The van der Waals surface area contributed by atoms with E-state index in [4.69, 9.17) is 5.73 Å². The third-order valence-electron chi connectivity index (χ3n) is 2.20. The number of nitrogens with two attached hydrogens (primary N) is 1. The molecule has 0 saturated carbocycles. The van der Waals surface area contributed by atoms with Crippen molar-refractivity contribution in [3.63, 3.8) is 0 Å². The minimum absolute atomic E-state index is 0.646. The summed E-state index contributed by atoms with van der Waals surface area (Å²) in [6.07, 6.45) is 3.69. The van der Waals surface area contributed by atoms with E-state index in [-0.39, 0.29) is 0 Å². The second-order valence-corrected chi connectivity index (χ2v) is 5.80. The molecule has 0 aliphatic rings. The van der Waals surface area contributed by atoms with E-state index in [0.29, 0.717) is 5.82 Å². The number of hydrogen-bond acceptors (Lipinski definition) is 3. The predicted molar refractivity (Wildman–Crippen MR) is 68.1 cm³/mol. The normalized spacial score (nSPS) is 10.5. The zero-order valence-electron chi connectivity index (χ0n) is 8.11. The monoisotopic (exact) mass is 282 g/mol. The van der Waals surface area contributed by atoms with Gasteiger partial charge in [-0.25, -0.2) is 4.98 Å². The summed E-state index contributed by atoms with van der Waals surface area (Å²) in [5.41, 5.74) is 6.90. The van der Waals surface area contributed by atoms with Crippen LogP contribution in [0.4, 0.5) is 5.82 Å². The van der Waals surface area contributed by atoms with Gasteiger partial charge in [0.1, 0.15) is 5.82 Å². The maximum absolute atomic E-state index is 5.77. The third kappa shape index (κ3) is 2.79. The summed E-state index contributed by atoms with van der Waals surface area (Å²) < 4.78 is 1.18. The van der Waals surface area contributed by atoms with Gasteiger partial charge in [-0.15, -0.1) is 11.3 Å². The van der Waals surface area contributed by atoms with E-state index < -0.39 is 0 Å². The molecule has 2 N–H and O–H groups in total. The second kappa shape index (κ2) is 4.77. The largest absolute Gasteiger partial charge is 0.383 e. The highest BCUT2D eigenvalue weighted by atomic mass is 79.9. The maximum Gasteiger partial charge on any atom is 0.126 e. The van der Waals surface area contributed by atoms with Crippen molar-refractivity contribution in [1.29, 1.82) is 0 Å². The van der Waals surface area contributed by atoms with Gasteiger partial charge < -0.3 is 5.73 Å². The topological polar surface area (TPSA) is 38.9 Å². The molecule has 0 saturated heterocycles. The van der Waals surface area contributed by atoms with E-state index in [1.165, 1.54) is 8.66 Å². The van der Waals surface area contributed by atoms with Crippen molar-refractivity contribution in [3.05, 3.63) is 44.7 Å². The Hall–Kier alpha value is -0.870. The standard InChI is InChI=1S/C11H11BrN2S/c12-10-6-5-9(15-10)4-3-8-2-1-7-14-11(8)13/h1-2,5-7H,3-4H2,(H2,13,14). The molecule has 0 aromatic carbocycles. The molecule has 0 unspecified atom stereocenters. The van der Waals surface area contributed by atoms with Crippen LogP contribution in [0.3, 0.4) is 0 Å². The number of rotatable bonds is 3. The lowest BCUT2D eigenvalue weighted by molar-refractivity contribution is 0.974. The molecule has 0 bridgehead atoms. The summed E-state index contributed by atoms with van der Waals surface area (Å²) in [7, 11) is 0. The van der Waals surface area contributed by atoms with Crippen LogP contribution in [0.5, 0.6) is 0 Å². The fraction of sp³-hybridized carbons (Fsp3) is 0.182. The SMILES string of the molecule is Nc1ncccc1CCc1ccc(Br)s1. The number of anilines is 1. The van der Waals surface area contributed by atoms with E-state index >= 15 is 0 Å². The molecule has 0 spiro atoms. The number of halogens is 1. The van der Waals surface area contributed by atoms with Gasteiger partial charge in [0.25, 0.3) is 0 Å². The van der Waals surface area contributed by atoms with Crippen molar-refractivity contribution in [2.75, 3.05) is 5.73 Å². The van der Waals surface area contributed by atoms with Gasteiger partial charge in [0.15, 0.2) is 0 Å². The summed E-state index contributed by atoms with van der Waals surface area (Å²) in [6.45, 7) is 0. The Morgan fingerprint density at radius 3 is 2.80 bits per heavy atom. The highest BCUT2D eigenvalue weighted by Crippen LogP contribution is 2.23. The number of pyridine rings is 1. The van der Waals surface area contributed by atoms with Crippen LogP contribution in [-0.2, 0) is 12.8 Å². The summed E-state index contributed by atoms with van der Waals surface area (Å²) in [5, 5.41) is 0. The summed E-state index contributed by atoms with van der Waals surface area (Å²) in [4.78, 5) is 5.43. The highest BCUT2D eigenvalue weighted by Gasteiger charge is 2.02. The molecule has 2 aromatic rings. The van der Waals surface area contributed by atoms with Crippen LogP contribution in [-0.4, -0.2) is 4.98 Å². The van der Waals surface area contributed by atoms with Gasteiger partial charge in [0.2, 0.25) is 0 Å². The van der Waals surface area contributed by atoms with Crippen LogP contribution in [0, 0.1) is 0 Å². The van der Waals surface area contributed by atoms with Crippen molar-refractivity contribution in [2.24, 2.45) is 0 Å². The molecular weight excluding hydrogens is 272 g/mol. The number of nitrogen functional groups attached to an aromatic ring is 1. The second-order valence-electron chi connectivity index (χ2n) is 3.25. The average molecular weight is 283 g/mol. The van der Waals surface area contributed by atoms with E-state index in [0.717, 1.165) is 18.4 Å². The minimum atomic E-state index is 0.646. The lowest BCUT2D eigenvalue weighted by Crippen LogP contribution is -1.98. The third-order valence-corrected chi connectivity index (χ3v) is 3.88. The Balaban J connectivity index is 2.02. The van der Waals surface area contributed by atoms with Gasteiger partial charge >= 0.3 is 0 Å².